The molecule has 0 N–H and O–H groups in total. The van der Waals surface area contributed by atoms with Gasteiger partial charge in [0.2, 0.25) is 0 Å². The van der Waals surface area contributed by atoms with E-state index in [4.69, 9.17) is 9.72 Å². The van der Waals surface area contributed by atoms with Gasteiger partial charge in [-0.1, -0.05) is 42.5 Å². The molecule has 0 spiro atoms. The number of aryl methyl sites for hydroxylation is 1. The molecule has 5 heteroatoms. The molecule has 3 aromatic carbocycles. The van der Waals surface area contributed by atoms with Crippen molar-refractivity contribution in [2.75, 3.05) is 31.2 Å². The molecule has 2 heterocycles. The fourth-order valence-electron chi connectivity index (χ4n) is 4.24. The Bertz CT molecular complexity index is 1200. The van der Waals surface area contributed by atoms with E-state index >= 15 is 0 Å². The SMILES string of the molecule is Cc1nc2c(C=O)cc(N3CCOCC3)cc2n1Cc1cccc2ccccc12. The highest BCUT2D eigenvalue weighted by Crippen LogP contribution is 2.29. The van der Waals surface area contributed by atoms with Crippen LogP contribution in [0.15, 0.2) is 54.6 Å². The summed E-state index contributed by atoms with van der Waals surface area (Å²) in [5, 5.41) is 2.48. The average Bonchev–Trinajstić information content (AvgIpc) is 3.09. The number of ether oxygens (including phenoxy) is 1. The normalized spacial score (nSPS) is 14.6. The number of aldehydes is 1. The summed E-state index contributed by atoms with van der Waals surface area (Å²) in [5.74, 6) is 0.912. The minimum absolute atomic E-state index is 0.642. The molecular weight excluding hydrogens is 362 g/mol. The number of fused-ring (bicyclic) bond motifs is 2. The Labute approximate surface area is 169 Å². The minimum Gasteiger partial charge on any atom is -0.378 e. The second-order valence-electron chi connectivity index (χ2n) is 7.50. The van der Waals surface area contributed by atoms with Crippen molar-refractivity contribution in [1.29, 1.82) is 0 Å². The number of anilines is 1. The van der Waals surface area contributed by atoms with Gasteiger partial charge >= 0.3 is 0 Å². The lowest BCUT2D eigenvalue weighted by molar-refractivity contribution is 0.112. The van der Waals surface area contributed by atoms with Gasteiger partial charge in [0.05, 0.1) is 24.2 Å². The van der Waals surface area contributed by atoms with Gasteiger partial charge in [-0.3, -0.25) is 4.79 Å². The molecule has 0 radical (unpaired) electrons. The van der Waals surface area contributed by atoms with Gasteiger partial charge < -0.3 is 14.2 Å². The number of carbonyl (C=O) groups is 1. The van der Waals surface area contributed by atoms with Gasteiger partial charge in [0.15, 0.2) is 6.29 Å². The van der Waals surface area contributed by atoms with E-state index in [0.717, 1.165) is 41.9 Å². The van der Waals surface area contributed by atoms with Crippen LogP contribution in [0.2, 0.25) is 0 Å². The smallest absolute Gasteiger partial charge is 0.152 e. The highest BCUT2D eigenvalue weighted by molar-refractivity contribution is 5.97. The summed E-state index contributed by atoms with van der Waals surface area (Å²) in [6.45, 7) is 5.81. The first-order valence-electron chi connectivity index (χ1n) is 10.00. The summed E-state index contributed by atoms with van der Waals surface area (Å²) < 4.78 is 7.70. The number of benzene rings is 3. The summed E-state index contributed by atoms with van der Waals surface area (Å²) in [6, 6.07) is 19.0. The topological polar surface area (TPSA) is 47.4 Å². The fourth-order valence-corrected chi connectivity index (χ4v) is 4.24. The Kier molecular flexibility index (Phi) is 4.52. The lowest BCUT2D eigenvalue weighted by atomic mass is 10.0. The predicted molar refractivity (Wildman–Crippen MR) is 116 cm³/mol. The molecule has 1 aliphatic heterocycles. The fraction of sp³-hybridized carbons (Fsp3) is 0.250. The van der Waals surface area contributed by atoms with Crippen molar-refractivity contribution in [2.24, 2.45) is 0 Å². The van der Waals surface area contributed by atoms with Crippen molar-refractivity contribution >= 4 is 33.8 Å². The lowest BCUT2D eigenvalue weighted by Crippen LogP contribution is -2.36. The van der Waals surface area contributed by atoms with Crippen molar-refractivity contribution < 1.29 is 9.53 Å². The predicted octanol–water partition coefficient (Wildman–Crippen LogP) is 4.20. The molecule has 0 atom stereocenters. The zero-order valence-corrected chi connectivity index (χ0v) is 16.5. The molecule has 1 aliphatic rings. The van der Waals surface area contributed by atoms with Gasteiger partial charge in [0.1, 0.15) is 5.82 Å². The van der Waals surface area contributed by atoms with E-state index in [9.17, 15) is 4.79 Å². The molecule has 29 heavy (non-hydrogen) atoms. The van der Waals surface area contributed by atoms with Crippen LogP contribution in [0.25, 0.3) is 21.8 Å². The van der Waals surface area contributed by atoms with Gasteiger partial charge in [0, 0.05) is 30.9 Å². The largest absolute Gasteiger partial charge is 0.378 e. The third kappa shape index (κ3) is 3.17. The number of hydrogen-bond acceptors (Lipinski definition) is 4. The first-order valence-corrected chi connectivity index (χ1v) is 10.00. The first kappa shape index (κ1) is 17.9. The molecule has 0 unspecified atom stereocenters. The first-order chi connectivity index (χ1) is 14.2. The number of hydrogen-bond donors (Lipinski definition) is 0. The number of morpholine rings is 1. The number of rotatable bonds is 4. The molecule has 5 rings (SSSR count). The maximum atomic E-state index is 11.8. The van der Waals surface area contributed by atoms with Crippen molar-refractivity contribution in [1.82, 2.24) is 9.55 Å². The Balaban J connectivity index is 1.65. The molecular formula is C24H23N3O2. The van der Waals surface area contributed by atoms with Gasteiger partial charge in [-0.15, -0.1) is 0 Å². The molecule has 0 aliphatic carbocycles. The van der Waals surface area contributed by atoms with E-state index in [0.29, 0.717) is 25.3 Å². The Morgan fingerprint density at radius 3 is 2.69 bits per heavy atom. The van der Waals surface area contributed by atoms with Crippen LogP contribution < -0.4 is 4.90 Å². The quantitative estimate of drug-likeness (QED) is 0.494. The highest BCUT2D eigenvalue weighted by Gasteiger charge is 2.18. The number of carbonyl (C=O) groups excluding carboxylic acids is 1. The third-order valence-electron chi connectivity index (χ3n) is 5.77. The van der Waals surface area contributed by atoms with Crippen LogP contribution in [-0.2, 0) is 11.3 Å². The van der Waals surface area contributed by atoms with E-state index in [-0.39, 0.29) is 0 Å². The zero-order chi connectivity index (χ0) is 19.8. The van der Waals surface area contributed by atoms with Crippen LogP contribution in [0.5, 0.6) is 0 Å². The average molecular weight is 385 g/mol. The molecule has 5 nitrogen and oxygen atoms in total. The van der Waals surface area contributed by atoms with Gasteiger partial charge in [0.25, 0.3) is 0 Å². The van der Waals surface area contributed by atoms with Crippen LogP contribution in [0.4, 0.5) is 5.69 Å². The summed E-state index contributed by atoms with van der Waals surface area (Å²) in [7, 11) is 0. The maximum absolute atomic E-state index is 11.8. The summed E-state index contributed by atoms with van der Waals surface area (Å²) in [6.07, 6.45) is 0.918. The molecule has 1 fully saturated rings. The van der Waals surface area contributed by atoms with E-state index in [1.165, 1.54) is 16.3 Å². The molecule has 0 amide bonds. The van der Waals surface area contributed by atoms with E-state index in [1.807, 2.05) is 13.0 Å². The molecule has 0 bridgehead atoms. The monoisotopic (exact) mass is 385 g/mol. The van der Waals surface area contributed by atoms with Crippen LogP contribution in [0, 0.1) is 6.92 Å². The highest BCUT2D eigenvalue weighted by atomic mass is 16.5. The van der Waals surface area contributed by atoms with E-state index < -0.39 is 0 Å². The standard InChI is InChI=1S/C24H23N3O2/c1-17-25-24-20(16-28)13-21(26-9-11-29-12-10-26)14-23(24)27(17)15-19-7-4-6-18-5-2-3-8-22(18)19/h2-8,13-14,16H,9-12,15H2,1H3. The number of imidazole rings is 1. The van der Waals surface area contributed by atoms with E-state index in [2.05, 4.69) is 58.0 Å². The third-order valence-corrected chi connectivity index (χ3v) is 5.77. The molecule has 4 aromatic rings. The van der Waals surface area contributed by atoms with Crippen LogP contribution in [-0.4, -0.2) is 42.1 Å². The van der Waals surface area contributed by atoms with Crippen molar-refractivity contribution in [3.8, 4) is 0 Å². The molecule has 146 valence electrons. The molecule has 1 saturated heterocycles. The zero-order valence-electron chi connectivity index (χ0n) is 16.5. The van der Waals surface area contributed by atoms with Gasteiger partial charge in [-0.05, 0) is 35.4 Å². The van der Waals surface area contributed by atoms with Crippen LogP contribution in [0.1, 0.15) is 21.7 Å². The maximum Gasteiger partial charge on any atom is 0.152 e. The van der Waals surface area contributed by atoms with Gasteiger partial charge in [-0.2, -0.15) is 0 Å². The van der Waals surface area contributed by atoms with E-state index in [1.54, 1.807) is 0 Å². The molecule has 0 saturated carbocycles. The number of aromatic nitrogens is 2. The minimum atomic E-state index is 0.642. The van der Waals surface area contributed by atoms with Crippen LogP contribution >= 0.6 is 0 Å². The summed E-state index contributed by atoms with van der Waals surface area (Å²) >= 11 is 0. The molecule has 1 aromatic heterocycles. The van der Waals surface area contributed by atoms with Crippen molar-refractivity contribution in [3.05, 3.63) is 71.5 Å². The Morgan fingerprint density at radius 1 is 1.07 bits per heavy atom. The van der Waals surface area contributed by atoms with Gasteiger partial charge in [-0.25, -0.2) is 4.98 Å². The lowest BCUT2D eigenvalue weighted by Gasteiger charge is -2.29. The summed E-state index contributed by atoms with van der Waals surface area (Å²) in [4.78, 5) is 18.8. The van der Waals surface area contributed by atoms with Crippen LogP contribution in [0.3, 0.4) is 0 Å². The van der Waals surface area contributed by atoms with Crippen molar-refractivity contribution in [2.45, 2.75) is 13.5 Å². The Hall–Kier alpha value is -3.18. The second-order valence-corrected chi connectivity index (χ2v) is 7.50. The second kappa shape index (κ2) is 7.33. The summed E-state index contributed by atoms with van der Waals surface area (Å²) in [5.41, 5.74) is 4.72. The van der Waals surface area contributed by atoms with Crippen molar-refractivity contribution in [3.63, 3.8) is 0 Å². The number of nitrogens with zero attached hydrogens (tertiary/aromatic N) is 3. The Morgan fingerprint density at radius 2 is 1.86 bits per heavy atom.